The summed E-state index contributed by atoms with van der Waals surface area (Å²) in [6.45, 7) is 2.06. The molecule has 1 aromatic rings. The van der Waals surface area contributed by atoms with E-state index in [4.69, 9.17) is 0 Å². The van der Waals surface area contributed by atoms with Gasteiger partial charge in [-0.1, -0.05) is 36.2 Å². The van der Waals surface area contributed by atoms with E-state index in [1.807, 2.05) is 0 Å². The maximum atomic E-state index is 12.6. The highest BCUT2D eigenvalue weighted by Crippen LogP contribution is 2.41. The molecular formula is C19H25NO3. The molecule has 0 aliphatic heterocycles. The van der Waals surface area contributed by atoms with Gasteiger partial charge in [0.2, 0.25) is 5.91 Å². The van der Waals surface area contributed by atoms with Crippen molar-refractivity contribution in [1.29, 1.82) is 0 Å². The number of aliphatic carboxylic acids is 1. The molecule has 0 aromatic heterocycles. The number of carboxylic acid groups (broad SMARTS) is 1. The lowest BCUT2D eigenvalue weighted by Gasteiger charge is -2.28. The molecule has 4 nitrogen and oxygen atoms in total. The van der Waals surface area contributed by atoms with Crippen LogP contribution in [0.5, 0.6) is 0 Å². The van der Waals surface area contributed by atoms with Crippen LogP contribution in [0.2, 0.25) is 0 Å². The molecule has 0 bridgehead atoms. The monoisotopic (exact) mass is 315 g/mol. The summed E-state index contributed by atoms with van der Waals surface area (Å²) in [5.41, 5.74) is 2.38. The summed E-state index contributed by atoms with van der Waals surface area (Å²) in [5, 5.41) is 12.4. The first kappa shape index (κ1) is 16.0. The molecule has 2 aliphatic rings. The van der Waals surface area contributed by atoms with E-state index in [1.54, 1.807) is 0 Å². The Morgan fingerprint density at radius 2 is 1.74 bits per heavy atom. The minimum Gasteiger partial charge on any atom is -0.481 e. The number of rotatable bonds is 5. The van der Waals surface area contributed by atoms with Crippen molar-refractivity contribution in [3.05, 3.63) is 35.4 Å². The molecule has 2 fully saturated rings. The lowest BCUT2D eigenvalue weighted by molar-refractivity contribution is -0.144. The molecule has 0 heterocycles. The first-order chi connectivity index (χ1) is 11.0. The number of carboxylic acids is 1. The van der Waals surface area contributed by atoms with Gasteiger partial charge in [0, 0.05) is 5.92 Å². The van der Waals surface area contributed by atoms with Crippen LogP contribution in [0.3, 0.4) is 0 Å². The van der Waals surface area contributed by atoms with Gasteiger partial charge in [-0.15, -0.1) is 0 Å². The third kappa shape index (κ3) is 3.92. The number of benzene rings is 1. The molecule has 23 heavy (non-hydrogen) atoms. The molecule has 3 rings (SSSR count). The summed E-state index contributed by atoms with van der Waals surface area (Å²) >= 11 is 0. The van der Waals surface area contributed by atoms with Gasteiger partial charge in [0.05, 0.1) is 12.0 Å². The topological polar surface area (TPSA) is 66.4 Å². The summed E-state index contributed by atoms with van der Waals surface area (Å²) in [5.74, 6) is -0.719. The number of amides is 1. The number of aryl methyl sites for hydroxylation is 1. The van der Waals surface area contributed by atoms with Crippen molar-refractivity contribution in [2.75, 3.05) is 0 Å². The normalized spacial score (nSPS) is 25.6. The number of carbonyl (C=O) groups excluding carboxylic acids is 1. The third-order valence-electron chi connectivity index (χ3n) is 5.22. The number of hydrogen-bond acceptors (Lipinski definition) is 2. The van der Waals surface area contributed by atoms with Gasteiger partial charge in [-0.05, 0) is 50.5 Å². The van der Waals surface area contributed by atoms with Crippen LogP contribution >= 0.6 is 0 Å². The molecule has 2 aliphatic carbocycles. The quantitative estimate of drug-likeness (QED) is 0.874. The van der Waals surface area contributed by atoms with Gasteiger partial charge in [0.1, 0.15) is 0 Å². The summed E-state index contributed by atoms with van der Waals surface area (Å²) in [7, 11) is 0. The van der Waals surface area contributed by atoms with Crippen LogP contribution in [0.25, 0.3) is 0 Å². The number of carbonyl (C=O) groups is 2. The van der Waals surface area contributed by atoms with Gasteiger partial charge in [0.15, 0.2) is 0 Å². The lowest BCUT2D eigenvalue weighted by atomic mass is 9.81. The molecular weight excluding hydrogens is 290 g/mol. The van der Waals surface area contributed by atoms with E-state index in [0.717, 1.165) is 31.2 Å². The SMILES string of the molecule is Cc1ccc(C(NC(=O)C2CCCC(C(=O)O)C2)C2CC2)cc1. The van der Waals surface area contributed by atoms with Crippen LogP contribution in [0.4, 0.5) is 0 Å². The lowest BCUT2D eigenvalue weighted by Crippen LogP contribution is -2.38. The second-order valence-corrected chi connectivity index (χ2v) is 7.13. The predicted molar refractivity (Wildman–Crippen MR) is 87.9 cm³/mol. The fourth-order valence-electron chi connectivity index (χ4n) is 3.60. The fraction of sp³-hybridized carbons (Fsp3) is 0.579. The molecule has 3 atom stereocenters. The highest BCUT2D eigenvalue weighted by molar-refractivity contribution is 5.80. The van der Waals surface area contributed by atoms with Crippen LogP contribution in [0.1, 0.15) is 55.7 Å². The smallest absolute Gasteiger partial charge is 0.306 e. The standard InChI is InChI=1S/C19H25NO3/c1-12-5-7-13(8-6-12)17(14-9-10-14)20-18(21)15-3-2-4-16(11-15)19(22)23/h5-8,14-17H,2-4,9-11H2,1H3,(H,20,21)(H,22,23). The minimum atomic E-state index is -0.764. The molecule has 2 saturated carbocycles. The van der Waals surface area contributed by atoms with Crippen molar-refractivity contribution < 1.29 is 14.7 Å². The Balaban J connectivity index is 1.66. The molecule has 2 N–H and O–H groups in total. The van der Waals surface area contributed by atoms with E-state index in [2.05, 4.69) is 36.5 Å². The maximum absolute atomic E-state index is 12.6. The second kappa shape index (κ2) is 6.73. The van der Waals surface area contributed by atoms with E-state index >= 15 is 0 Å². The second-order valence-electron chi connectivity index (χ2n) is 7.13. The van der Waals surface area contributed by atoms with Crippen molar-refractivity contribution in [3.63, 3.8) is 0 Å². The Kier molecular flexibility index (Phi) is 4.69. The first-order valence-electron chi connectivity index (χ1n) is 8.64. The van der Waals surface area contributed by atoms with Gasteiger partial charge in [0.25, 0.3) is 0 Å². The van der Waals surface area contributed by atoms with E-state index in [9.17, 15) is 14.7 Å². The largest absolute Gasteiger partial charge is 0.481 e. The van der Waals surface area contributed by atoms with Crippen LogP contribution in [0, 0.1) is 24.7 Å². The van der Waals surface area contributed by atoms with Gasteiger partial charge in [-0.3, -0.25) is 9.59 Å². The molecule has 0 saturated heterocycles. The average Bonchev–Trinajstić information content (AvgIpc) is 3.38. The molecule has 1 aromatic carbocycles. The average molecular weight is 315 g/mol. The number of nitrogens with one attached hydrogen (secondary N) is 1. The van der Waals surface area contributed by atoms with E-state index in [-0.39, 0.29) is 23.8 Å². The fourth-order valence-corrected chi connectivity index (χ4v) is 3.60. The zero-order valence-corrected chi connectivity index (χ0v) is 13.6. The Labute approximate surface area is 137 Å². The Hall–Kier alpha value is -1.84. The van der Waals surface area contributed by atoms with Crippen molar-refractivity contribution in [3.8, 4) is 0 Å². The van der Waals surface area contributed by atoms with E-state index < -0.39 is 5.97 Å². The maximum Gasteiger partial charge on any atom is 0.306 e. The highest BCUT2D eigenvalue weighted by Gasteiger charge is 2.36. The summed E-state index contributed by atoms with van der Waals surface area (Å²) < 4.78 is 0. The van der Waals surface area contributed by atoms with Crippen LogP contribution in [0.15, 0.2) is 24.3 Å². The zero-order valence-electron chi connectivity index (χ0n) is 13.6. The van der Waals surface area contributed by atoms with Crippen LogP contribution in [-0.2, 0) is 9.59 Å². The predicted octanol–water partition coefficient (Wildman–Crippen LogP) is 3.45. The summed E-state index contributed by atoms with van der Waals surface area (Å²) in [6.07, 6.45) is 5.12. The highest BCUT2D eigenvalue weighted by atomic mass is 16.4. The van der Waals surface area contributed by atoms with Gasteiger partial charge in [-0.2, -0.15) is 0 Å². The van der Waals surface area contributed by atoms with Gasteiger partial charge >= 0.3 is 5.97 Å². The number of hydrogen-bond donors (Lipinski definition) is 2. The van der Waals surface area contributed by atoms with Crippen molar-refractivity contribution in [2.45, 2.75) is 51.5 Å². The first-order valence-corrected chi connectivity index (χ1v) is 8.64. The minimum absolute atomic E-state index is 0.0356. The van der Waals surface area contributed by atoms with Crippen molar-refractivity contribution in [1.82, 2.24) is 5.32 Å². The van der Waals surface area contributed by atoms with Crippen LogP contribution in [-0.4, -0.2) is 17.0 Å². The molecule has 4 heteroatoms. The Morgan fingerprint density at radius 1 is 1.09 bits per heavy atom. The van der Waals surface area contributed by atoms with Crippen molar-refractivity contribution >= 4 is 11.9 Å². The summed E-state index contributed by atoms with van der Waals surface area (Å²) in [6, 6.07) is 8.43. The van der Waals surface area contributed by atoms with Crippen molar-refractivity contribution in [2.24, 2.45) is 17.8 Å². The summed E-state index contributed by atoms with van der Waals surface area (Å²) in [4.78, 5) is 23.8. The molecule has 0 spiro atoms. The van der Waals surface area contributed by atoms with Gasteiger partial charge < -0.3 is 10.4 Å². The molecule has 1 amide bonds. The third-order valence-corrected chi connectivity index (χ3v) is 5.22. The van der Waals surface area contributed by atoms with Gasteiger partial charge in [-0.25, -0.2) is 0 Å². The molecule has 0 radical (unpaired) electrons. The zero-order chi connectivity index (χ0) is 16.4. The Morgan fingerprint density at radius 3 is 2.35 bits per heavy atom. The van der Waals surface area contributed by atoms with E-state index in [0.29, 0.717) is 18.8 Å². The van der Waals surface area contributed by atoms with Crippen LogP contribution < -0.4 is 5.32 Å². The molecule has 124 valence electrons. The van der Waals surface area contributed by atoms with E-state index in [1.165, 1.54) is 5.56 Å². The Bertz CT molecular complexity index is 577. The molecule has 3 unspecified atom stereocenters.